The van der Waals surface area contributed by atoms with Gasteiger partial charge in [-0.1, -0.05) is 17.7 Å². The van der Waals surface area contributed by atoms with Gasteiger partial charge in [0.1, 0.15) is 18.1 Å². The van der Waals surface area contributed by atoms with Gasteiger partial charge in [0.2, 0.25) is 0 Å². The summed E-state index contributed by atoms with van der Waals surface area (Å²) in [5, 5.41) is 8.08. The topological polar surface area (TPSA) is 119 Å². The first kappa shape index (κ1) is 31.0. The molecule has 1 aromatic carbocycles. The maximum absolute atomic E-state index is 13.3. The van der Waals surface area contributed by atoms with Crippen LogP contribution in [0.1, 0.15) is 50.5 Å². The second-order valence-electron chi connectivity index (χ2n) is 8.58. The summed E-state index contributed by atoms with van der Waals surface area (Å²) in [5.41, 5.74) is -3.54. The molecule has 2 heterocycles. The van der Waals surface area contributed by atoms with Crippen LogP contribution < -0.4 is 10.6 Å². The first-order valence-corrected chi connectivity index (χ1v) is 13.3. The minimum atomic E-state index is -5.12. The quantitative estimate of drug-likeness (QED) is 0.364. The maximum atomic E-state index is 13.3. The number of hydrogen-bond donors (Lipinski definition) is 2. The van der Waals surface area contributed by atoms with Crippen LogP contribution in [-0.2, 0) is 29.7 Å². The van der Waals surface area contributed by atoms with Crippen LogP contribution in [0.2, 0.25) is 5.02 Å². The second kappa shape index (κ2) is 11.9. The summed E-state index contributed by atoms with van der Waals surface area (Å²) in [7, 11) is -1.19. The number of nitrogens with one attached hydrogen (secondary N) is 2. The second-order valence-corrected chi connectivity index (χ2v) is 10.5. The number of aryl methyl sites for hydroxylation is 1. The normalized spacial score (nSPS) is 13.6. The number of amides is 2. The molecular weight excluding hydrogens is 590 g/mol. The fraction of sp³-hybridized carbons (Fsp3) is 0.348. The van der Waals surface area contributed by atoms with Crippen molar-refractivity contribution >= 4 is 39.9 Å². The third kappa shape index (κ3) is 7.56. The van der Waals surface area contributed by atoms with Crippen molar-refractivity contribution in [2.75, 3.05) is 17.3 Å². The number of nitrogens with zero attached hydrogens (tertiary/aromatic N) is 4. The Morgan fingerprint density at radius 2 is 1.80 bits per heavy atom. The summed E-state index contributed by atoms with van der Waals surface area (Å²) in [6.45, 7) is 2.18. The van der Waals surface area contributed by atoms with E-state index in [1.807, 2.05) is 0 Å². The van der Waals surface area contributed by atoms with E-state index in [0.29, 0.717) is 0 Å². The van der Waals surface area contributed by atoms with Crippen molar-refractivity contribution in [3.63, 3.8) is 0 Å². The van der Waals surface area contributed by atoms with Gasteiger partial charge in [-0.15, -0.1) is 0 Å². The number of halogens is 7. The molecule has 0 aliphatic carbocycles. The van der Waals surface area contributed by atoms with E-state index < -0.39 is 58.9 Å². The Kier molecular flexibility index (Phi) is 9.24. The zero-order valence-electron chi connectivity index (χ0n) is 20.9. The smallest absolute Gasteiger partial charge is 0.349 e. The number of carbonyl (C=O) groups is 2. The van der Waals surface area contributed by atoms with Gasteiger partial charge < -0.3 is 10.6 Å². The van der Waals surface area contributed by atoms with Crippen LogP contribution >= 0.6 is 11.6 Å². The number of anilines is 1. The Morgan fingerprint density at radius 1 is 1.12 bits per heavy atom. The fourth-order valence-electron chi connectivity index (χ4n) is 3.58. The highest BCUT2D eigenvalue weighted by Crippen LogP contribution is 2.35. The highest BCUT2D eigenvalue weighted by molar-refractivity contribution is 7.84. The molecule has 0 radical (unpaired) electrons. The van der Waals surface area contributed by atoms with Crippen molar-refractivity contribution in [2.24, 2.45) is 0 Å². The SMILES string of the molecule is Cc1nc(Cn2nc(C(F)(F)F)cc2C(F)(F)F)ncc1NC(=O)c1cccc(Cl)c1C(=O)N[C@@H](C)CS(C)=O. The molecule has 0 spiro atoms. The van der Waals surface area contributed by atoms with Gasteiger partial charge in [0, 0.05) is 34.9 Å². The molecule has 2 amide bonds. The Hall–Kier alpha value is -3.53. The number of alkyl halides is 6. The lowest BCUT2D eigenvalue weighted by atomic mass is 10.1. The van der Waals surface area contributed by atoms with E-state index in [9.17, 15) is 40.1 Å². The van der Waals surface area contributed by atoms with E-state index >= 15 is 0 Å². The number of benzene rings is 1. The maximum Gasteiger partial charge on any atom is 0.435 e. The Bertz CT molecular complexity index is 1460. The van der Waals surface area contributed by atoms with E-state index in [1.54, 1.807) is 6.92 Å². The van der Waals surface area contributed by atoms with Gasteiger partial charge in [-0.3, -0.25) is 18.5 Å². The lowest BCUT2D eigenvalue weighted by Gasteiger charge is -2.16. The summed E-state index contributed by atoms with van der Waals surface area (Å²) >= 11 is 6.18. The standard InChI is InChI=1S/C23H21ClF6N6O3S/c1-11(10-40(3)39)32-21(38)19-13(5-4-6-14(19)24)20(37)34-15-8-31-18(33-12(15)2)9-36-17(23(28,29)30)7-16(35-36)22(25,26)27/h4-8,11H,9-10H2,1-3H3,(H,32,38)(H,34,37)/t11-,40?/m0/s1. The van der Waals surface area contributed by atoms with Crippen LogP contribution in [0.5, 0.6) is 0 Å². The van der Waals surface area contributed by atoms with Crippen LogP contribution in [0.25, 0.3) is 0 Å². The first-order chi connectivity index (χ1) is 18.5. The van der Waals surface area contributed by atoms with E-state index in [1.165, 1.54) is 31.4 Å². The summed E-state index contributed by atoms with van der Waals surface area (Å²) < 4.78 is 90.2. The Labute approximate surface area is 230 Å². The van der Waals surface area contributed by atoms with Gasteiger partial charge in [0.05, 0.1) is 33.7 Å². The zero-order chi connectivity index (χ0) is 30.0. The Morgan fingerprint density at radius 3 is 2.38 bits per heavy atom. The van der Waals surface area contributed by atoms with Gasteiger partial charge in [-0.05, 0) is 26.0 Å². The van der Waals surface area contributed by atoms with Crippen molar-refractivity contribution in [1.82, 2.24) is 25.1 Å². The van der Waals surface area contributed by atoms with Crippen molar-refractivity contribution in [1.29, 1.82) is 0 Å². The van der Waals surface area contributed by atoms with Crippen molar-refractivity contribution in [3.05, 3.63) is 69.5 Å². The summed E-state index contributed by atoms with van der Waals surface area (Å²) in [5.74, 6) is -1.61. The van der Waals surface area contributed by atoms with E-state index in [4.69, 9.17) is 11.6 Å². The van der Waals surface area contributed by atoms with Crippen LogP contribution in [0, 0.1) is 6.92 Å². The van der Waals surface area contributed by atoms with Gasteiger partial charge in [-0.2, -0.15) is 31.4 Å². The fourth-order valence-corrected chi connectivity index (χ4v) is 4.62. The molecule has 9 nitrogen and oxygen atoms in total. The number of rotatable bonds is 8. The van der Waals surface area contributed by atoms with Crippen LogP contribution in [-0.4, -0.2) is 53.8 Å². The largest absolute Gasteiger partial charge is 0.435 e. The Balaban J connectivity index is 1.84. The molecule has 2 aromatic heterocycles. The van der Waals surface area contributed by atoms with Crippen LogP contribution in [0.15, 0.2) is 30.5 Å². The van der Waals surface area contributed by atoms with Crippen molar-refractivity contribution in [3.8, 4) is 0 Å². The predicted octanol–water partition coefficient (Wildman–Crippen LogP) is 4.47. The van der Waals surface area contributed by atoms with Crippen molar-refractivity contribution in [2.45, 2.75) is 38.8 Å². The van der Waals surface area contributed by atoms with Crippen LogP contribution in [0.3, 0.4) is 0 Å². The summed E-state index contributed by atoms with van der Waals surface area (Å²) in [4.78, 5) is 33.7. The molecule has 0 saturated heterocycles. The van der Waals surface area contributed by atoms with Gasteiger partial charge >= 0.3 is 12.4 Å². The molecule has 0 fully saturated rings. The zero-order valence-corrected chi connectivity index (χ0v) is 22.5. The van der Waals surface area contributed by atoms with E-state index in [2.05, 4.69) is 25.7 Å². The third-order valence-electron chi connectivity index (χ3n) is 5.28. The number of aromatic nitrogens is 4. The molecule has 1 unspecified atom stereocenters. The molecule has 3 rings (SSSR count). The molecule has 0 saturated carbocycles. The molecule has 0 aliphatic rings. The van der Waals surface area contributed by atoms with Crippen LogP contribution in [0.4, 0.5) is 32.0 Å². The minimum absolute atomic E-state index is 0.0160. The third-order valence-corrected chi connectivity index (χ3v) is 6.56. The molecule has 17 heteroatoms. The molecule has 40 heavy (non-hydrogen) atoms. The molecule has 216 valence electrons. The highest BCUT2D eigenvalue weighted by atomic mass is 35.5. The predicted molar refractivity (Wildman–Crippen MR) is 133 cm³/mol. The average molecular weight is 611 g/mol. The summed E-state index contributed by atoms with van der Waals surface area (Å²) in [6, 6.07) is 3.56. The van der Waals surface area contributed by atoms with Gasteiger partial charge in [0.15, 0.2) is 5.69 Å². The molecule has 0 aliphatic heterocycles. The minimum Gasteiger partial charge on any atom is -0.349 e. The summed E-state index contributed by atoms with van der Waals surface area (Å²) in [6.07, 6.45) is -7.69. The average Bonchev–Trinajstić information content (AvgIpc) is 3.25. The lowest BCUT2D eigenvalue weighted by molar-refractivity contribution is -0.144. The molecule has 2 atom stereocenters. The number of carbonyl (C=O) groups excluding carboxylic acids is 2. The van der Waals surface area contributed by atoms with Crippen molar-refractivity contribution < 1.29 is 40.1 Å². The molecule has 2 N–H and O–H groups in total. The monoisotopic (exact) mass is 610 g/mol. The molecule has 3 aromatic rings. The first-order valence-electron chi connectivity index (χ1n) is 11.2. The van der Waals surface area contributed by atoms with E-state index in [0.717, 1.165) is 6.20 Å². The number of hydrogen-bond acceptors (Lipinski definition) is 6. The van der Waals surface area contributed by atoms with Gasteiger partial charge in [0.25, 0.3) is 11.8 Å². The lowest BCUT2D eigenvalue weighted by Crippen LogP contribution is -2.37. The van der Waals surface area contributed by atoms with E-state index in [-0.39, 0.29) is 49.9 Å². The highest BCUT2D eigenvalue weighted by Gasteiger charge is 2.42. The van der Waals surface area contributed by atoms with Gasteiger partial charge in [-0.25, -0.2) is 9.97 Å². The molecular formula is C23H21ClF6N6O3S. The molecule has 0 bridgehead atoms.